The van der Waals surface area contributed by atoms with Gasteiger partial charge in [0.2, 0.25) is 0 Å². The fourth-order valence-corrected chi connectivity index (χ4v) is 3.49. The van der Waals surface area contributed by atoms with Crippen LogP contribution in [0.1, 0.15) is 33.3 Å². The molecule has 144 valence electrons. The van der Waals surface area contributed by atoms with E-state index in [2.05, 4.69) is 106 Å². The molecule has 0 aliphatic heterocycles. The molecule has 0 atom stereocenters. The van der Waals surface area contributed by atoms with Crippen LogP contribution in [0.15, 0.2) is 90.0 Å². The Bertz CT molecular complexity index is 1130. The first-order valence-corrected chi connectivity index (χ1v) is 9.84. The van der Waals surface area contributed by atoms with Gasteiger partial charge in [-0.25, -0.2) is 11.1 Å². The summed E-state index contributed by atoms with van der Waals surface area (Å²) in [6.45, 7) is 10.3. The maximum atomic E-state index is 3.06. The molecular weight excluding hydrogens is 428 g/mol. The summed E-state index contributed by atoms with van der Waals surface area (Å²) in [5, 5.41) is 5.29. The molecule has 0 aliphatic rings. The molecule has 0 N–H and O–H groups in total. The Hall–Kier alpha value is -2.11. The van der Waals surface area contributed by atoms with Crippen LogP contribution < -0.4 is 0 Å². The number of hydrogen-bond acceptors (Lipinski definition) is 0. The van der Waals surface area contributed by atoms with Crippen LogP contribution in [-0.4, -0.2) is 0 Å². The van der Waals surface area contributed by atoms with E-state index >= 15 is 0 Å². The van der Waals surface area contributed by atoms with Gasteiger partial charge in [0.25, 0.3) is 0 Å². The van der Waals surface area contributed by atoms with E-state index in [9.17, 15) is 0 Å². The van der Waals surface area contributed by atoms with Gasteiger partial charge in [-0.1, -0.05) is 74.9 Å². The summed E-state index contributed by atoms with van der Waals surface area (Å²) in [7, 11) is 0. The molecule has 0 saturated heterocycles. The fourth-order valence-electron chi connectivity index (χ4n) is 3.49. The van der Waals surface area contributed by atoms with E-state index in [4.69, 9.17) is 0 Å². The predicted octanol–water partition coefficient (Wildman–Crippen LogP) is 8.41. The number of fused-ring (bicyclic) bond motifs is 2. The van der Waals surface area contributed by atoms with Gasteiger partial charge in [-0.15, -0.1) is 48.4 Å². The number of allylic oxidation sites excluding steroid dienone is 4. The molecule has 4 rings (SSSR count). The van der Waals surface area contributed by atoms with Crippen molar-refractivity contribution in [3.05, 3.63) is 102 Å². The van der Waals surface area contributed by atoms with Gasteiger partial charge in [0, 0.05) is 0 Å². The van der Waals surface area contributed by atoms with Crippen molar-refractivity contribution in [2.75, 3.05) is 0 Å². The topological polar surface area (TPSA) is 0 Å². The number of benzene rings is 3. The third-order valence-electron chi connectivity index (χ3n) is 5.37. The molecule has 0 bridgehead atoms. The normalized spacial score (nSPS) is 11.8. The minimum absolute atomic E-state index is 0. The quantitative estimate of drug-likeness (QED) is 0.210. The molecule has 4 aromatic rings. The van der Waals surface area contributed by atoms with E-state index in [1.165, 1.54) is 49.4 Å². The Morgan fingerprint density at radius 1 is 0.862 bits per heavy atom. The van der Waals surface area contributed by atoms with Crippen molar-refractivity contribution in [1.82, 2.24) is 0 Å². The molecular formula is C28H28Zr. The third-order valence-corrected chi connectivity index (χ3v) is 5.37. The molecule has 0 aliphatic carbocycles. The molecule has 0 nitrogen and oxygen atoms in total. The van der Waals surface area contributed by atoms with Crippen molar-refractivity contribution < 1.29 is 26.2 Å². The van der Waals surface area contributed by atoms with Crippen LogP contribution in [0.4, 0.5) is 0 Å². The second-order valence-corrected chi connectivity index (χ2v) is 7.21. The molecule has 0 radical (unpaired) electrons. The maximum absolute atomic E-state index is 3.06. The minimum Gasteiger partial charge on any atom is -0.275 e. The molecule has 4 aromatic carbocycles. The smallest absolute Gasteiger partial charge is 0.275 e. The molecule has 29 heavy (non-hydrogen) atoms. The van der Waals surface area contributed by atoms with E-state index in [0.717, 1.165) is 0 Å². The van der Waals surface area contributed by atoms with E-state index in [1.54, 1.807) is 0 Å². The summed E-state index contributed by atoms with van der Waals surface area (Å²) < 4.78 is 0. The molecule has 0 saturated carbocycles. The van der Waals surface area contributed by atoms with Crippen molar-refractivity contribution >= 4 is 21.5 Å². The molecule has 0 spiro atoms. The zero-order valence-electron chi connectivity index (χ0n) is 18.0. The Balaban J connectivity index is 0.000000289. The number of hydrogen-bond donors (Lipinski definition) is 0. The van der Waals surface area contributed by atoms with Gasteiger partial charge in [0.1, 0.15) is 0 Å². The number of aryl methyl sites for hydroxylation is 1. The van der Waals surface area contributed by atoms with Crippen molar-refractivity contribution in [1.29, 1.82) is 0 Å². The zero-order valence-corrected chi connectivity index (χ0v) is 20.5. The van der Waals surface area contributed by atoms with Crippen LogP contribution in [0.5, 0.6) is 0 Å². The monoisotopic (exact) mass is 454 g/mol. The molecule has 0 aromatic heterocycles. The van der Waals surface area contributed by atoms with Crippen LogP contribution in [0, 0.1) is 13.0 Å². The predicted molar refractivity (Wildman–Crippen MR) is 125 cm³/mol. The van der Waals surface area contributed by atoms with E-state index in [-0.39, 0.29) is 26.2 Å². The van der Waals surface area contributed by atoms with Crippen molar-refractivity contribution in [2.24, 2.45) is 0 Å². The Labute approximate surface area is 194 Å². The summed E-state index contributed by atoms with van der Waals surface area (Å²) in [4.78, 5) is 0. The third kappa shape index (κ3) is 5.28. The molecule has 0 amide bonds. The van der Waals surface area contributed by atoms with Gasteiger partial charge >= 0.3 is 26.2 Å². The van der Waals surface area contributed by atoms with Gasteiger partial charge in [-0.2, -0.15) is 12.1 Å². The second kappa shape index (κ2) is 10.6. The van der Waals surface area contributed by atoms with E-state index in [1.807, 2.05) is 13.8 Å². The second-order valence-electron chi connectivity index (χ2n) is 7.21. The molecule has 0 fully saturated rings. The van der Waals surface area contributed by atoms with Crippen molar-refractivity contribution in [2.45, 2.75) is 34.6 Å². The van der Waals surface area contributed by atoms with Gasteiger partial charge in [0.15, 0.2) is 0 Å². The van der Waals surface area contributed by atoms with Gasteiger partial charge in [0.05, 0.1) is 0 Å². The number of rotatable bonds is 2. The van der Waals surface area contributed by atoms with Crippen LogP contribution >= 0.6 is 0 Å². The summed E-state index contributed by atoms with van der Waals surface area (Å²) in [6.07, 6.45) is 5.15. The van der Waals surface area contributed by atoms with Crippen molar-refractivity contribution in [3.63, 3.8) is 0 Å². The first kappa shape index (κ1) is 23.2. The zero-order chi connectivity index (χ0) is 20.1. The summed E-state index contributed by atoms with van der Waals surface area (Å²) in [6, 6.07) is 26.2. The van der Waals surface area contributed by atoms with Crippen molar-refractivity contribution in [3.8, 4) is 11.1 Å². The van der Waals surface area contributed by atoms with Crippen LogP contribution in [0.2, 0.25) is 0 Å². The first-order valence-electron chi connectivity index (χ1n) is 9.84. The van der Waals surface area contributed by atoms with E-state index in [0.29, 0.717) is 0 Å². The van der Waals surface area contributed by atoms with E-state index < -0.39 is 0 Å². The van der Waals surface area contributed by atoms with Crippen LogP contribution in [-0.2, 0) is 26.2 Å². The average molecular weight is 456 g/mol. The Morgan fingerprint density at radius 3 is 2.14 bits per heavy atom. The molecule has 0 unspecified atom stereocenters. The van der Waals surface area contributed by atoms with Crippen LogP contribution in [0.25, 0.3) is 32.7 Å². The first-order chi connectivity index (χ1) is 13.5. The van der Waals surface area contributed by atoms with Gasteiger partial charge in [-0.3, -0.25) is 6.08 Å². The van der Waals surface area contributed by atoms with Gasteiger partial charge < -0.3 is 0 Å². The Kier molecular flexibility index (Phi) is 8.48. The summed E-state index contributed by atoms with van der Waals surface area (Å²) in [5.74, 6) is 0. The van der Waals surface area contributed by atoms with Crippen LogP contribution in [0.3, 0.4) is 0 Å². The Morgan fingerprint density at radius 2 is 1.48 bits per heavy atom. The average Bonchev–Trinajstić information content (AvgIpc) is 3.12. The van der Waals surface area contributed by atoms with Gasteiger partial charge in [-0.05, 0) is 16.3 Å². The summed E-state index contributed by atoms with van der Waals surface area (Å²) in [5.41, 5.74) is 6.53. The fraction of sp³-hybridized carbons (Fsp3) is 0.179. The SMILES string of the molecule is C[C-]=C(C)C(C)=CC.Cc1cc2c(-c3cccc4ccccc34)cccc2[cH-]1.[Zr+2]. The standard InChI is InChI=1S/C20H15.C8H13.Zr/c1-14-12-16-8-5-11-19(20(16)13-14)18-10-4-7-15-6-2-3-9-17(15)18;1-5-7(3)8(4)6-2;/h2-13H,1H3;5H,1-4H3;/q2*-1;+2. The summed E-state index contributed by atoms with van der Waals surface area (Å²) >= 11 is 0. The molecule has 0 heterocycles. The molecule has 1 heteroatoms. The largest absolute Gasteiger partial charge is 2.00 e. The minimum atomic E-state index is 0. The maximum Gasteiger partial charge on any atom is 2.00 e.